The molecular formula is C12H26FN. The van der Waals surface area contributed by atoms with Gasteiger partial charge in [-0.15, -0.1) is 0 Å². The van der Waals surface area contributed by atoms with Crippen LogP contribution in [0.2, 0.25) is 0 Å². The Morgan fingerprint density at radius 1 is 1.29 bits per heavy atom. The third-order valence-corrected chi connectivity index (χ3v) is 2.88. The zero-order valence-electron chi connectivity index (χ0n) is 9.93. The van der Waals surface area contributed by atoms with E-state index in [1.807, 2.05) is 6.92 Å². The van der Waals surface area contributed by atoms with E-state index in [0.717, 1.165) is 31.7 Å². The molecule has 2 N–H and O–H groups in total. The summed E-state index contributed by atoms with van der Waals surface area (Å²) >= 11 is 0. The molecule has 0 amide bonds. The van der Waals surface area contributed by atoms with Gasteiger partial charge < -0.3 is 5.73 Å². The summed E-state index contributed by atoms with van der Waals surface area (Å²) in [7, 11) is 0. The molecule has 0 aromatic heterocycles. The number of unbranched alkanes of at least 4 members (excludes halogenated alkanes) is 1. The van der Waals surface area contributed by atoms with E-state index < -0.39 is 6.17 Å². The highest BCUT2D eigenvalue weighted by Crippen LogP contribution is 2.30. The van der Waals surface area contributed by atoms with Gasteiger partial charge in [0, 0.05) is 0 Å². The minimum Gasteiger partial charge on any atom is -0.330 e. The van der Waals surface area contributed by atoms with Crippen LogP contribution in [0, 0.1) is 11.8 Å². The maximum absolute atomic E-state index is 12.8. The predicted molar refractivity (Wildman–Crippen MR) is 61.0 cm³/mol. The first-order valence-electron chi connectivity index (χ1n) is 5.95. The lowest BCUT2D eigenvalue weighted by molar-refractivity contribution is 0.147. The standard InChI is InChI=1S/C8H15F.C4H11N/c1-6-3-4-8(9)7(2)5-6;1-2-3-4-5/h6-8H,3-5H2,1-2H3;2-5H2,1H3. The molecule has 3 unspecified atom stereocenters. The fourth-order valence-electron chi connectivity index (χ4n) is 1.83. The van der Waals surface area contributed by atoms with Gasteiger partial charge in [0.25, 0.3) is 0 Å². The van der Waals surface area contributed by atoms with E-state index in [2.05, 4.69) is 13.8 Å². The summed E-state index contributed by atoms with van der Waals surface area (Å²) in [6, 6.07) is 0. The van der Waals surface area contributed by atoms with Gasteiger partial charge in [0.15, 0.2) is 0 Å². The lowest BCUT2D eigenvalue weighted by atomic mass is 9.82. The molecule has 0 aliphatic heterocycles. The van der Waals surface area contributed by atoms with E-state index in [1.54, 1.807) is 0 Å². The molecule has 1 rings (SSSR count). The van der Waals surface area contributed by atoms with Crippen LogP contribution in [0.15, 0.2) is 0 Å². The number of rotatable bonds is 2. The van der Waals surface area contributed by atoms with E-state index in [0.29, 0.717) is 5.92 Å². The molecule has 0 bridgehead atoms. The van der Waals surface area contributed by atoms with Gasteiger partial charge in [-0.3, -0.25) is 0 Å². The molecule has 0 aromatic rings. The Bertz CT molecular complexity index is 125. The maximum Gasteiger partial charge on any atom is 0.103 e. The zero-order valence-corrected chi connectivity index (χ0v) is 9.93. The second-order valence-electron chi connectivity index (χ2n) is 4.55. The molecule has 1 fully saturated rings. The van der Waals surface area contributed by atoms with Crippen LogP contribution in [-0.4, -0.2) is 12.7 Å². The lowest BCUT2D eigenvalue weighted by Crippen LogP contribution is -2.22. The average Bonchev–Trinajstić information content (AvgIpc) is 2.14. The molecule has 1 saturated carbocycles. The first-order chi connectivity index (χ1) is 6.61. The molecular weight excluding hydrogens is 177 g/mol. The van der Waals surface area contributed by atoms with Crippen molar-refractivity contribution in [1.29, 1.82) is 0 Å². The van der Waals surface area contributed by atoms with Crippen molar-refractivity contribution in [3.63, 3.8) is 0 Å². The number of alkyl halides is 1. The molecule has 1 aliphatic carbocycles. The Balaban J connectivity index is 0.000000292. The Morgan fingerprint density at radius 3 is 2.21 bits per heavy atom. The monoisotopic (exact) mass is 203 g/mol. The van der Waals surface area contributed by atoms with E-state index in [4.69, 9.17) is 5.73 Å². The Kier molecular flexibility index (Phi) is 8.15. The molecule has 0 heterocycles. The summed E-state index contributed by atoms with van der Waals surface area (Å²) in [6.07, 6.45) is 4.84. The van der Waals surface area contributed by atoms with Gasteiger partial charge in [-0.2, -0.15) is 0 Å². The summed E-state index contributed by atoms with van der Waals surface area (Å²) < 4.78 is 12.8. The van der Waals surface area contributed by atoms with E-state index in [-0.39, 0.29) is 0 Å². The fourth-order valence-corrected chi connectivity index (χ4v) is 1.83. The second kappa shape index (κ2) is 8.22. The molecule has 0 saturated heterocycles. The van der Waals surface area contributed by atoms with Crippen LogP contribution in [-0.2, 0) is 0 Å². The Hall–Kier alpha value is -0.110. The van der Waals surface area contributed by atoms with Crippen LogP contribution < -0.4 is 5.73 Å². The molecule has 2 heteroatoms. The van der Waals surface area contributed by atoms with Gasteiger partial charge in [0.05, 0.1) is 0 Å². The second-order valence-corrected chi connectivity index (χ2v) is 4.55. The van der Waals surface area contributed by atoms with Crippen molar-refractivity contribution in [3.8, 4) is 0 Å². The Morgan fingerprint density at radius 2 is 1.93 bits per heavy atom. The quantitative estimate of drug-likeness (QED) is 0.730. The first-order valence-corrected chi connectivity index (χ1v) is 5.95. The van der Waals surface area contributed by atoms with E-state index >= 15 is 0 Å². The van der Waals surface area contributed by atoms with Crippen LogP contribution >= 0.6 is 0 Å². The lowest BCUT2D eigenvalue weighted by Gasteiger charge is -2.26. The third kappa shape index (κ3) is 6.36. The highest BCUT2D eigenvalue weighted by atomic mass is 19.1. The number of nitrogens with two attached hydrogens (primary N) is 1. The smallest absolute Gasteiger partial charge is 0.103 e. The molecule has 86 valence electrons. The average molecular weight is 203 g/mol. The summed E-state index contributed by atoms with van der Waals surface area (Å²) in [5.74, 6) is 1.07. The van der Waals surface area contributed by atoms with Crippen molar-refractivity contribution in [1.82, 2.24) is 0 Å². The van der Waals surface area contributed by atoms with Gasteiger partial charge in [0.1, 0.15) is 6.17 Å². The summed E-state index contributed by atoms with van der Waals surface area (Å²) in [6.45, 7) is 7.20. The molecule has 1 nitrogen and oxygen atoms in total. The first kappa shape index (κ1) is 13.9. The number of hydrogen-bond donors (Lipinski definition) is 1. The van der Waals surface area contributed by atoms with Gasteiger partial charge in [0.2, 0.25) is 0 Å². The third-order valence-electron chi connectivity index (χ3n) is 2.88. The number of halogens is 1. The van der Waals surface area contributed by atoms with Crippen molar-refractivity contribution >= 4 is 0 Å². The fraction of sp³-hybridized carbons (Fsp3) is 1.00. The van der Waals surface area contributed by atoms with E-state index in [1.165, 1.54) is 12.8 Å². The van der Waals surface area contributed by atoms with Crippen molar-refractivity contribution in [2.24, 2.45) is 17.6 Å². The topological polar surface area (TPSA) is 26.0 Å². The minimum absolute atomic E-state index is 0.314. The molecule has 1 aliphatic rings. The SMILES string of the molecule is CC1CCC(F)C(C)C1.CCCCN. The van der Waals surface area contributed by atoms with Crippen LogP contribution in [0.4, 0.5) is 4.39 Å². The number of hydrogen-bond acceptors (Lipinski definition) is 1. The maximum atomic E-state index is 12.8. The molecule has 0 radical (unpaired) electrons. The van der Waals surface area contributed by atoms with Gasteiger partial charge in [-0.1, -0.05) is 27.2 Å². The molecule has 14 heavy (non-hydrogen) atoms. The van der Waals surface area contributed by atoms with Crippen LogP contribution in [0.25, 0.3) is 0 Å². The predicted octanol–water partition coefficient (Wildman–Crippen LogP) is 3.53. The molecule has 0 aromatic carbocycles. The Labute approximate surface area is 88.3 Å². The highest BCUT2D eigenvalue weighted by Gasteiger charge is 2.24. The van der Waals surface area contributed by atoms with Crippen LogP contribution in [0.1, 0.15) is 52.9 Å². The largest absolute Gasteiger partial charge is 0.330 e. The zero-order chi connectivity index (χ0) is 11.0. The minimum atomic E-state index is -0.513. The van der Waals surface area contributed by atoms with Crippen molar-refractivity contribution in [2.45, 2.75) is 59.0 Å². The van der Waals surface area contributed by atoms with Crippen molar-refractivity contribution < 1.29 is 4.39 Å². The van der Waals surface area contributed by atoms with Gasteiger partial charge in [-0.05, 0) is 44.1 Å². The van der Waals surface area contributed by atoms with Gasteiger partial charge >= 0.3 is 0 Å². The van der Waals surface area contributed by atoms with Crippen molar-refractivity contribution in [2.75, 3.05) is 6.54 Å². The molecule has 3 atom stereocenters. The summed E-state index contributed by atoms with van der Waals surface area (Å²) in [4.78, 5) is 0. The highest BCUT2D eigenvalue weighted by molar-refractivity contribution is 4.74. The van der Waals surface area contributed by atoms with Crippen LogP contribution in [0.5, 0.6) is 0 Å². The van der Waals surface area contributed by atoms with E-state index in [9.17, 15) is 4.39 Å². The van der Waals surface area contributed by atoms with Crippen LogP contribution in [0.3, 0.4) is 0 Å². The van der Waals surface area contributed by atoms with Gasteiger partial charge in [-0.25, -0.2) is 4.39 Å². The molecule has 0 spiro atoms. The summed E-state index contributed by atoms with van der Waals surface area (Å²) in [5.41, 5.74) is 5.14. The van der Waals surface area contributed by atoms with Crippen molar-refractivity contribution in [3.05, 3.63) is 0 Å². The summed E-state index contributed by atoms with van der Waals surface area (Å²) in [5, 5.41) is 0. The normalized spacial score (nSPS) is 31.9.